The zero-order valence-electron chi connectivity index (χ0n) is 10.0. The number of fused-ring (bicyclic) bond motifs is 1. The Labute approximate surface area is 123 Å². The predicted molar refractivity (Wildman–Crippen MR) is 69.1 cm³/mol. The molecule has 112 valence electrons. The van der Waals surface area contributed by atoms with Crippen molar-refractivity contribution in [2.24, 2.45) is 0 Å². The summed E-state index contributed by atoms with van der Waals surface area (Å²) in [5.41, 5.74) is -0.124. The molecule has 2 aromatic rings. The van der Waals surface area contributed by atoms with Crippen LogP contribution in [0.15, 0.2) is 34.9 Å². The number of para-hydroxylation sites is 1. The number of aromatic nitrogens is 1. The lowest BCUT2D eigenvalue weighted by Crippen LogP contribution is -2.47. The van der Waals surface area contributed by atoms with Gasteiger partial charge in [0.2, 0.25) is 0 Å². The first-order chi connectivity index (χ1) is 9.63. The number of amides is 1. The van der Waals surface area contributed by atoms with Gasteiger partial charge in [-0.05, 0) is 28.1 Å². The fourth-order valence-corrected chi connectivity index (χ4v) is 1.91. The molecule has 0 unspecified atom stereocenters. The molecule has 0 atom stereocenters. The van der Waals surface area contributed by atoms with E-state index < -0.39 is 18.0 Å². The molecule has 0 aliphatic rings. The quantitative estimate of drug-likeness (QED) is 0.809. The number of rotatable bonds is 2. The maximum absolute atomic E-state index is 12.9. The third kappa shape index (κ3) is 2.97. The molecule has 1 heterocycles. The monoisotopic (exact) mass is 368 g/mol. The summed E-state index contributed by atoms with van der Waals surface area (Å²) in [5.74, 6) is -7.93. The molecule has 9 heteroatoms. The molecular weight excluding hydrogens is 363 g/mol. The van der Waals surface area contributed by atoms with Gasteiger partial charge >= 0.3 is 18.0 Å². The first-order valence-electron chi connectivity index (χ1n) is 5.43. The van der Waals surface area contributed by atoms with E-state index in [0.29, 0.717) is 9.86 Å². The average molecular weight is 369 g/mol. The zero-order chi connectivity index (χ0) is 15.8. The molecule has 21 heavy (non-hydrogen) atoms. The molecule has 1 aromatic heterocycles. The highest BCUT2D eigenvalue weighted by Gasteiger charge is 2.63. The minimum Gasteiger partial charge on any atom is -0.319 e. The number of hydrogen-bond acceptors (Lipinski definition) is 2. The molecule has 0 saturated carbocycles. The number of anilines is 1. The molecule has 0 bridgehead atoms. The molecule has 0 aliphatic heterocycles. The number of carbonyl (C=O) groups is 1. The number of benzene rings is 1. The largest absolute Gasteiger partial charge is 0.463 e. The minimum atomic E-state index is -5.96. The lowest BCUT2D eigenvalue weighted by molar-refractivity contribution is -0.267. The lowest BCUT2D eigenvalue weighted by atomic mass is 10.2. The molecule has 1 N–H and O–H groups in total. The van der Waals surface area contributed by atoms with Crippen LogP contribution in [0.3, 0.4) is 0 Å². The van der Waals surface area contributed by atoms with E-state index in [1.165, 1.54) is 18.3 Å². The van der Waals surface area contributed by atoms with Crippen LogP contribution in [0.2, 0.25) is 0 Å². The SMILES string of the molecule is O=C(Nc1cccc2cc(Br)cnc12)C(F)(F)C(F)(F)F. The van der Waals surface area contributed by atoms with Gasteiger partial charge in [0.15, 0.2) is 0 Å². The van der Waals surface area contributed by atoms with Crippen LogP contribution in [0.25, 0.3) is 10.9 Å². The number of nitrogens with one attached hydrogen (secondary N) is 1. The molecule has 0 radical (unpaired) electrons. The second-order valence-electron chi connectivity index (χ2n) is 4.06. The Bertz CT molecular complexity index is 702. The number of pyridine rings is 1. The van der Waals surface area contributed by atoms with E-state index in [1.807, 2.05) is 0 Å². The summed E-state index contributed by atoms with van der Waals surface area (Å²) < 4.78 is 62.8. The van der Waals surface area contributed by atoms with Crippen molar-refractivity contribution in [2.75, 3.05) is 5.32 Å². The number of alkyl halides is 5. The summed E-state index contributed by atoms with van der Waals surface area (Å²) in [4.78, 5) is 15.1. The zero-order valence-corrected chi connectivity index (χ0v) is 11.6. The molecule has 2 rings (SSSR count). The van der Waals surface area contributed by atoms with Crippen molar-refractivity contribution >= 4 is 38.4 Å². The van der Waals surface area contributed by atoms with Crippen molar-refractivity contribution in [3.8, 4) is 0 Å². The van der Waals surface area contributed by atoms with E-state index in [-0.39, 0.29) is 11.2 Å². The smallest absolute Gasteiger partial charge is 0.319 e. The van der Waals surface area contributed by atoms with Gasteiger partial charge in [-0.3, -0.25) is 9.78 Å². The Morgan fingerprint density at radius 2 is 1.86 bits per heavy atom. The number of hydrogen-bond donors (Lipinski definition) is 1. The molecule has 0 spiro atoms. The van der Waals surface area contributed by atoms with Crippen LogP contribution in [0, 0.1) is 0 Å². The molecule has 0 saturated heterocycles. The van der Waals surface area contributed by atoms with E-state index in [9.17, 15) is 26.7 Å². The minimum absolute atomic E-state index is 0.104. The van der Waals surface area contributed by atoms with Gasteiger partial charge in [-0.15, -0.1) is 0 Å². The summed E-state index contributed by atoms with van der Waals surface area (Å²) in [7, 11) is 0. The predicted octanol–water partition coefficient (Wildman–Crippen LogP) is 4.13. The Balaban J connectivity index is 2.39. The standard InChI is InChI=1S/C12H6BrF5N2O/c13-7-4-6-2-1-3-8(9(6)19-5-7)20-10(21)11(14,15)12(16,17)18/h1-5H,(H,20,21). The first kappa shape index (κ1) is 15.6. The van der Waals surface area contributed by atoms with Crippen molar-refractivity contribution < 1.29 is 26.7 Å². The Morgan fingerprint density at radius 3 is 2.48 bits per heavy atom. The Kier molecular flexibility index (Phi) is 3.87. The average Bonchev–Trinajstić information content (AvgIpc) is 2.37. The molecule has 1 aromatic carbocycles. The van der Waals surface area contributed by atoms with E-state index in [2.05, 4.69) is 20.9 Å². The fourth-order valence-electron chi connectivity index (χ4n) is 1.56. The number of halogens is 6. The van der Waals surface area contributed by atoms with E-state index in [1.54, 1.807) is 17.4 Å². The van der Waals surface area contributed by atoms with Gasteiger partial charge in [0.25, 0.3) is 0 Å². The van der Waals surface area contributed by atoms with E-state index >= 15 is 0 Å². The van der Waals surface area contributed by atoms with Crippen molar-refractivity contribution in [3.05, 3.63) is 34.9 Å². The van der Waals surface area contributed by atoms with Gasteiger partial charge < -0.3 is 5.32 Å². The molecular formula is C12H6BrF5N2O. The van der Waals surface area contributed by atoms with Gasteiger partial charge in [0, 0.05) is 16.1 Å². The second-order valence-corrected chi connectivity index (χ2v) is 4.97. The summed E-state index contributed by atoms with van der Waals surface area (Å²) in [5, 5.41) is 2.03. The maximum atomic E-state index is 12.9. The topological polar surface area (TPSA) is 42.0 Å². The second kappa shape index (κ2) is 5.21. The Morgan fingerprint density at radius 1 is 1.19 bits per heavy atom. The Hall–Kier alpha value is -1.77. The third-order valence-electron chi connectivity index (χ3n) is 2.57. The normalized spacial score (nSPS) is 12.5. The van der Waals surface area contributed by atoms with Crippen LogP contribution in [-0.4, -0.2) is 23.0 Å². The third-order valence-corrected chi connectivity index (χ3v) is 3.00. The van der Waals surface area contributed by atoms with Crippen LogP contribution < -0.4 is 5.32 Å². The van der Waals surface area contributed by atoms with Gasteiger partial charge in [-0.2, -0.15) is 22.0 Å². The number of carbonyl (C=O) groups excluding carboxylic acids is 1. The van der Waals surface area contributed by atoms with Gasteiger partial charge in [-0.25, -0.2) is 0 Å². The lowest BCUT2D eigenvalue weighted by Gasteiger charge is -2.19. The molecule has 0 aliphatic carbocycles. The van der Waals surface area contributed by atoms with Gasteiger partial charge in [-0.1, -0.05) is 12.1 Å². The molecule has 3 nitrogen and oxygen atoms in total. The fraction of sp³-hybridized carbons (Fsp3) is 0.167. The maximum Gasteiger partial charge on any atom is 0.463 e. The van der Waals surface area contributed by atoms with Crippen molar-refractivity contribution in [1.82, 2.24) is 4.98 Å². The summed E-state index contributed by atoms with van der Waals surface area (Å²) in [6, 6.07) is 5.75. The van der Waals surface area contributed by atoms with Crippen LogP contribution in [-0.2, 0) is 4.79 Å². The highest BCUT2D eigenvalue weighted by atomic mass is 79.9. The van der Waals surface area contributed by atoms with E-state index in [4.69, 9.17) is 0 Å². The summed E-state index contributed by atoms with van der Waals surface area (Å²) >= 11 is 3.15. The van der Waals surface area contributed by atoms with Crippen LogP contribution in [0.5, 0.6) is 0 Å². The van der Waals surface area contributed by atoms with Crippen molar-refractivity contribution in [2.45, 2.75) is 12.1 Å². The number of nitrogens with zero attached hydrogens (tertiary/aromatic N) is 1. The molecule has 0 fully saturated rings. The highest BCUT2D eigenvalue weighted by molar-refractivity contribution is 9.10. The van der Waals surface area contributed by atoms with E-state index in [0.717, 1.165) is 0 Å². The van der Waals surface area contributed by atoms with Gasteiger partial charge in [0.05, 0.1) is 11.2 Å². The highest BCUT2D eigenvalue weighted by Crippen LogP contribution is 2.36. The van der Waals surface area contributed by atoms with Gasteiger partial charge in [0.1, 0.15) is 0 Å². The van der Waals surface area contributed by atoms with Crippen molar-refractivity contribution in [1.29, 1.82) is 0 Å². The first-order valence-corrected chi connectivity index (χ1v) is 6.22. The van der Waals surface area contributed by atoms with Crippen molar-refractivity contribution in [3.63, 3.8) is 0 Å². The van der Waals surface area contributed by atoms with Crippen LogP contribution in [0.1, 0.15) is 0 Å². The van der Waals surface area contributed by atoms with Crippen LogP contribution in [0.4, 0.5) is 27.6 Å². The summed E-state index contributed by atoms with van der Waals surface area (Å²) in [6.45, 7) is 0. The molecule has 1 amide bonds. The van der Waals surface area contributed by atoms with Crippen LogP contribution >= 0.6 is 15.9 Å². The summed E-state index contributed by atoms with van der Waals surface area (Å²) in [6.07, 6.45) is -4.63.